The second kappa shape index (κ2) is 4.81. The number of carboxylic acids is 1. The summed E-state index contributed by atoms with van der Waals surface area (Å²) in [6.07, 6.45) is 3.15. The van der Waals surface area contributed by atoms with Crippen LogP contribution in [0.3, 0.4) is 0 Å². The Morgan fingerprint density at radius 3 is 3.00 bits per heavy atom. The quantitative estimate of drug-likeness (QED) is 0.556. The van der Waals surface area contributed by atoms with Gasteiger partial charge >= 0.3 is 5.97 Å². The van der Waals surface area contributed by atoms with E-state index in [0.717, 1.165) is 31.6 Å². The summed E-state index contributed by atoms with van der Waals surface area (Å²) in [5.74, 6) is -0.0909. The third kappa shape index (κ3) is 3.42. The highest BCUT2D eigenvalue weighted by Gasteiger charge is 2.12. The van der Waals surface area contributed by atoms with Crippen LogP contribution in [-0.4, -0.2) is 36.0 Å². The van der Waals surface area contributed by atoms with Crippen molar-refractivity contribution in [1.82, 2.24) is 5.32 Å². The number of amidine groups is 1. The number of nitrogens with one attached hydrogen (secondary N) is 1. The van der Waals surface area contributed by atoms with Crippen LogP contribution in [0.5, 0.6) is 0 Å². The molecular weight excluding hydrogens is 170 g/mol. The van der Waals surface area contributed by atoms with Gasteiger partial charge < -0.3 is 16.2 Å². The lowest BCUT2D eigenvalue weighted by atomic mass is 10.2. The third-order valence-electron chi connectivity index (χ3n) is 1.97. The van der Waals surface area contributed by atoms with Crippen molar-refractivity contribution >= 4 is 11.8 Å². The van der Waals surface area contributed by atoms with Gasteiger partial charge in [-0.2, -0.15) is 0 Å². The van der Waals surface area contributed by atoms with E-state index < -0.39 is 12.0 Å². The van der Waals surface area contributed by atoms with Gasteiger partial charge in [0, 0.05) is 19.5 Å². The molecule has 0 spiro atoms. The van der Waals surface area contributed by atoms with Crippen LogP contribution >= 0.6 is 0 Å². The zero-order chi connectivity index (χ0) is 9.68. The van der Waals surface area contributed by atoms with Crippen molar-refractivity contribution in [3.05, 3.63) is 0 Å². The smallest absolute Gasteiger partial charge is 0.322 e. The van der Waals surface area contributed by atoms with E-state index in [1.165, 1.54) is 0 Å². The van der Waals surface area contributed by atoms with Crippen LogP contribution in [0.1, 0.15) is 19.3 Å². The maximum absolute atomic E-state index is 10.4. The number of carboxylic acid groups (broad SMARTS) is 1. The summed E-state index contributed by atoms with van der Waals surface area (Å²) in [6, 6.07) is -0.843. The van der Waals surface area contributed by atoms with Gasteiger partial charge in [0.1, 0.15) is 6.04 Å². The van der Waals surface area contributed by atoms with Crippen LogP contribution in [0.2, 0.25) is 0 Å². The molecule has 0 radical (unpaired) electrons. The first-order valence-corrected chi connectivity index (χ1v) is 4.45. The van der Waals surface area contributed by atoms with Gasteiger partial charge in [-0.25, -0.2) is 0 Å². The number of carbonyl (C=O) groups is 1. The number of hydrogen-bond donors (Lipinski definition) is 3. The molecule has 1 aliphatic heterocycles. The molecule has 0 aromatic carbocycles. The van der Waals surface area contributed by atoms with Crippen molar-refractivity contribution < 1.29 is 9.90 Å². The molecule has 1 atom stereocenters. The Balaban J connectivity index is 2.25. The van der Waals surface area contributed by atoms with E-state index in [0.29, 0.717) is 0 Å². The van der Waals surface area contributed by atoms with E-state index in [2.05, 4.69) is 10.3 Å². The fourth-order valence-corrected chi connectivity index (χ4v) is 1.16. The van der Waals surface area contributed by atoms with E-state index in [4.69, 9.17) is 10.8 Å². The summed E-state index contributed by atoms with van der Waals surface area (Å²) in [5.41, 5.74) is 5.32. The monoisotopic (exact) mass is 185 g/mol. The van der Waals surface area contributed by atoms with Crippen molar-refractivity contribution in [2.45, 2.75) is 25.3 Å². The summed E-state index contributed by atoms with van der Waals surface area (Å²) in [4.78, 5) is 14.6. The van der Waals surface area contributed by atoms with Gasteiger partial charge in [0.2, 0.25) is 0 Å². The number of nitrogens with zero attached hydrogens (tertiary/aromatic N) is 1. The molecule has 1 heterocycles. The fraction of sp³-hybridized carbons (Fsp3) is 0.750. The molecule has 0 aliphatic carbocycles. The van der Waals surface area contributed by atoms with Crippen LogP contribution in [0.15, 0.2) is 4.99 Å². The third-order valence-corrected chi connectivity index (χ3v) is 1.97. The molecule has 4 N–H and O–H groups in total. The molecular formula is C8H15N3O2. The summed E-state index contributed by atoms with van der Waals surface area (Å²) in [6.45, 7) is 1.10. The van der Waals surface area contributed by atoms with Gasteiger partial charge in [-0.05, 0) is 12.8 Å². The first-order valence-electron chi connectivity index (χ1n) is 4.45. The lowest BCUT2D eigenvalue weighted by molar-refractivity contribution is -0.138. The molecule has 74 valence electrons. The molecule has 0 saturated heterocycles. The van der Waals surface area contributed by atoms with Crippen molar-refractivity contribution in [3.63, 3.8) is 0 Å². The Morgan fingerprint density at radius 2 is 2.46 bits per heavy atom. The highest BCUT2D eigenvalue weighted by Crippen LogP contribution is 2.03. The molecule has 1 unspecified atom stereocenters. The Hall–Kier alpha value is -1.10. The lowest BCUT2D eigenvalue weighted by Gasteiger charge is -2.15. The van der Waals surface area contributed by atoms with Crippen LogP contribution in [0.4, 0.5) is 0 Å². The van der Waals surface area contributed by atoms with Crippen LogP contribution in [-0.2, 0) is 4.79 Å². The van der Waals surface area contributed by atoms with Gasteiger partial charge in [0.25, 0.3) is 0 Å². The Bertz CT molecular complexity index is 215. The zero-order valence-corrected chi connectivity index (χ0v) is 7.49. The minimum atomic E-state index is -0.982. The van der Waals surface area contributed by atoms with Gasteiger partial charge in [-0.1, -0.05) is 0 Å². The van der Waals surface area contributed by atoms with E-state index in [1.807, 2.05) is 0 Å². The van der Waals surface area contributed by atoms with Crippen molar-refractivity contribution in [2.75, 3.05) is 13.1 Å². The maximum Gasteiger partial charge on any atom is 0.322 e. The average molecular weight is 185 g/mol. The largest absolute Gasteiger partial charge is 0.480 e. The van der Waals surface area contributed by atoms with E-state index in [9.17, 15) is 4.79 Å². The minimum absolute atomic E-state index is 0.258. The predicted molar refractivity (Wildman–Crippen MR) is 49.8 cm³/mol. The van der Waals surface area contributed by atoms with Crippen molar-refractivity contribution in [1.29, 1.82) is 0 Å². The highest BCUT2D eigenvalue weighted by molar-refractivity contribution is 5.83. The van der Waals surface area contributed by atoms with Crippen LogP contribution < -0.4 is 11.1 Å². The topological polar surface area (TPSA) is 87.7 Å². The van der Waals surface area contributed by atoms with Gasteiger partial charge in [0.05, 0.1) is 5.84 Å². The first-order chi connectivity index (χ1) is 6.20. The molecule has 13 heavy (non-hydrogen) atoms. The molecule has 0 bridgehead atoms. The van der Waals surface area contributed by atoms with Crippen LogP contribution in [0, 0.1) is 0 Å². The number of rotatable bonds is 3. The Morgan fingerprint density at radius 1 is 1.69 bits per heavy atom. The molecule has 5 heteroatoms. The normalized spacial score (nSPS) is 19.0. The zero-order valence-electron chi connectivity index (χ0n) is 7.49. The Labute approximate surface area is 77.0 Å². The second-order valence-corrected chi connectivity index (χ2v) is 3.11. The van der Waals surface area contributed by atoms with Crippen molar-refractivity contribution in [3.8, 4) is 0 Å². The standard InChI is InChI=1S/C8H15N3O2/c9-6(8(12)13)5-11-7-3-1-2-4-10-7/h6H,1-5,9H2,(H,10,11)(H,12,13). The molecule has 0 saturated carbocycles. The van der Waals surface area contributed by atoms with E-state index >= 15 is 0 Å². The number of nitrogens with two attached hydrogens (primary N) is 1. The number of aliphatic imine (C=N–C) groups is 1. The summed E-state index contributed by atoms with van der Waals surface area (Å²) in [7, 11) is 0. The van der Waals surface area contributed by atoms with Crippen molar-refractivity contribution in [2.24, 2.45) is 10.7 Å². The SMILES string of the molecule is NC(CNC1=NCCCC1)C(=O)O. The maximum atomic E-state index is 10.4. The molecule has 5 nitrogen and oxygen atoms in total. The molecule has 0 aromatic rings. The lowest BCUT2D eigenvalue weighted by Crippen LogP contribution is -2.42. The van der Waals surface area contributed by atoms with E-state index in [1.54, 1.807) is 0 Å². The van der Waals surface area contributed by atoms with Gasteiger partial charge in [-0.3, -0.25) is 9.79 Å². The Kier molecular flexibility index (Phi) is 3.70. The highest BCUT2D eigenvalue weighted by atomic mass is 16.4. The second-order valence-electron chi connectivity index (χ2n) is 3.11. The fourth-order valence-electron chi connectivity index (χ4n) is 1.16. The van der Waals surface area contributed by atoms with Gasteiger partial charge in [-0.15, -0.1) is 0 Å². The molecule has 1 rings (SSSR count). The van der Waals surface area contributed by atoms with E-state index in [-0.39, 0.29) is 6.54 Å². The number of aliphatic carboxylic acids is 1. The summed E-state index contributed by atoms with van der Waals surface area (Å²) < 4.78 is 0. The molecule has 1 aliphatic rings. The van der Waals surface area contributed by atoms with Crippen LogP contribution in [0.25, 0.3) is 0 Å². The molecule has 0 amide bonds. The summed E-state index contributed by atoms with van der Waals surface area (Å²) in [5, 5.41) is 11.5. The minimum Gasteiger partial charge on any atom is -0.480 e. The molecule has 0 fully saturated rings. The summed E-state index contributed by atoms with van der Waals surface area (Å²) >= 11 is 0. The molecule has 0 aromatic heterocycles. The van der Waals surface area contributed by atoms with Gasteiger partial charge in [0.15, 0.2) is 0 Å². The predicted octanol–water partition coefficient (Wildman–Crippen LogP) is -0.430. The average Bonchev–Trinajstić information content (AvgIpc) is 2.15. The number of hydrogen-bond acceptors (Lipinski definition) is 4. The first kappa shape index (κ1) is 9.98.